The minimum Gasteiger partial charge on any atom is -0.491 e. The van der Waals surface area contributed by atoms with Gasteiger partial charge in [0.05, 0.1) is 13.7 Å². The van der Waals surface area contributed by atoms with Gasteiger partial charge in [0.15, 0.2) is 17.4 Å². The quantitative estimate of drug-likeness (QED) is 0.305. The highest BCUT2D eigenvalue weighted by Crippen LogP contribution is 2.27. The number of unbranched alkanes of at least 4 members (excludes halogenated alkanes) is 7. The topological polar surface area (TPSA) is 35.5 Å². The third kappa shape index (κ3) is 6.06. The molecule has 1 aromatic rings. The van der Waals surface area contributed by atoms with E-state index in [-0.39, 0.29) is 6.61 Å². The first-order valence-corrected chi connectivity index (χ1v) is 8.41. The lowest BCUT2D eigenvalue weighted by Gasteiger charge is -2.09. The first-order chi connectivity index (χ1) is 11.5. The van der Waals surface area contributed by atoms with E-state index in [0.29, 0.717) is 12.5 Å². The molecule has 1 aromatic carbocycles. The van der Waals surface area contributed by atoms with Crippen molar-refractivity contribution in [3.63, 3.8) is 0 Å². The molecule has 6 heteroatoms. The summed E-state index contributed by atoms with van der Waals surface area (Å²) < 4.78 is 50.0. The SMILES string of the molecule is CCCCCCCCCCOC(=O)c1cc(F)c(F)c(OC)c1F. The molecule has 0 aliphatic carbocycles. The van der Waals surface area contributed by atoms with E-state index in [0.717, 1.165) is 26.4 Å². The van der Waals surface area contributed by atoms with E-state index in [1.54, 1.807) is 0 Å². The van der Waals surface area contributed by atoms with E-state index < -0.39 is 34.7 Å². The molecule has 0 aliphatic rings. The average molecular weight is 346 g/mol. The lowest BCUT2D eigenvalue weighted by Crippen LogP contribution is -2.11. The van der Waals surface area contributed by atoms with Gasteiger partial charge < -0.3 is 9.47 Å². The maximum absolute atomic E-state index is 13.9. The highest BCUT2D eigenvalue weighted by atomic mass is 19.2. The van der Waals surface area contributed by atoms with Crippen LogP contribution in [0.5, 0.6) is 5.75 Å². The predicted octanol–water partition coefficient (Wildman–Crippen LogP) is 5.41. The molecule has 1 rings (SSSR count). The molecule has 0 aromatic heterocycles. The van der Waals surface area contributed by atoms with Crippen LogP contribution in [0.3, 0.4) is 0 Å². The molecule has 0 aliphatic heterocycles. The largest absolute Gasteiger partial charge is 0.491 e. The molecule has 0 amide bonds. The molecule has 0 unspecified atom stereocenters. The zero-order valence-electron chi connectivity index (χ0n) is 14.3. The van der Waals surface area contributed by atoms with Crippen molar-refractivity contribution in [3.8, 4) is 5.75 Å². The van der Waals surface area contributed by atoms with Crippen molar-refractivity contribution in [1.82, 2.24) is 0 Å². The van der Waals surface area contributed by atoms with Crippen LogP contribution in [0.2, 0.25) is 0 Å². The summed E-state index contributed by atoms with van der Waals surface area (Å²) in [7, 11) is 0.997. The molecule has 24 heavy (non-hydrogen) atoms. The van der Waals surface area contributed by atoms with Crippen LogP contribution in [0.1, 0.15) is 68.6 Å². The molecular weight excluding hydrogens is 321 g/mol. The fraction of sp³-hybridized carbons (Fsp3) is 0.611. The second-order valence-electron chi connectivity index (χ2n) is 5.68. The van der Waals surface area contributed by atoms with E-state index in [1.807, 2.05) is 0 Å². The molecule has 0 bridgehead atoms. The van der Waals surface area contributed by atoms with Crippen LogP contribution in [0.15, 0.2) is 6.07 Å². The van der Waals surface area contributed by atoms with E-state index >= 15 is 0 Å². The van der Waals surface area contributed by atoms with E-state index in [2.05, 4.69) is 11.7 Å². The van der Waals surface area contributed by atoms with Gasteiger partial charge in [-0.15, -0.1) is 0 Å². The number of carbonyl (C=O) groups is 1. The number of ether oxygens (including phenoxy) is 2. The van der Waals surface area contributed by atoms with Gasteiger partial charge >= 0.3 is 5.97 Å². The molecular formula is C18H25F3O3. The Kier molecular flexibility index (Phi) is 9.27. The minimum atomic E-state index is -1.46. The minimum absolute atomic E-state index is 0.120. The monoisotopic (exact) mass is 346 g/mol. The van der Waals surface area contributed by atoms with Crippen molar-refractivity contribution in [2.45, 2.75) is 58.3 Å². The summed E-state index contributed by atoms with van der Waals surface area (Å²) in [5.41, 5.74) is -0.662. The number of hydrogen-bond acceptors (Lipinski definition) is 3. The lowest BCUT2D eigenvalue weighted by atomic mass is 10.1. The van der Waals surface area contributed by atoms with Gasteiger partial charge in [0.1, 0.15) is 5.56 Å². The zero-order valence-corrected chi connectivity index (χ0v) is 14.3. The molecule has 0 N–H and O–H groups in total. The number of halogens is 3. The summed E-state index contributed by atoms with van der Waals surface area (Å²) in [4.78, 5) is 11.8. The molecule has 0 fully saturated rings. The van der Waals surface area contributed by atoms with Crippen molar-refractivity contribution in [3.05, 3.63) is 29.1 Å². The van der Waals surface area contributed by atoms with Gasteiger partial charge in [-0.05, 0) is 12.5 Å². The molecule has 136 valence electrons. The third-order valence-electron chi connectivity index (χ3n) is 3.77. The Labute approximate surface area is 141 Å². The van der Waals surface area contributed by atoms with Crippen LogP contribution in [-0.2, 0) is 4.74 Å². The van der Waals surface area contributed by atoms with Gasteiger partial charge in [-0.2, -0.15) is 4.39 Å². The number of benzene rings is 1. The lowest BCUT2D eigenvalue weighted by molar-refractivity contribution is 0.0490. The maximum atomic E-state index is 13.9. The number of rotatable bonds is 11. The third-order valence-corrected chi connectivity index (χ3v) is 3.77. The molecule has 0 radical (unpaired) electrons. The van der Waals surface area contributed by atoms with Crippen molar-refractivity contribution in [2.75, 3.05) is 13.7 Å². The molecule has 3 nitrogen and oxygen atoms in total. The van der Waals surface area contributed by atoms with Crippen LogP contribution in [-0.4, -0.2) is 19.7 Å². The normalized spacial score (nSPS) is 10.7. The number of hydrogen-bond donors (Lipinski definition) is 0. The van der Waals surface area contributed by atoms with Crippen molar-refractivity contribution in [1.29, 1.82) is 0 Å². The Morgan fingerprint density at radius 2 is 1.54 bits per heavy atom. The van der Waals surface area contributed by atoms with E-state index in [1.165, 1.54) is 25.7 Å². The fourth-order valence-electron chi connectivity index (χ4n) is 2.39. The Morgan fingerprint density at radius 3 is 2.12 bits per heavy atom. The summed E-state index contributed by atoms with van der Waals surface area (Å²) in [6, 6.07) is 0.489. The number of methoxy groups -OCH3 is 1. The summed E-state index contributed by atoms with van der Waals surface area (Å²) in [5.74, 6) is -6.01. The van der Waals surface area contributed by atoms with Gasteiger partial charge in [0.25, 0.3) is 0 Å². The smallest absolute Gasteiger partial charge is 0.341 e. The first kappa shape index (κ1) is 20.3. The first-order valence-electron chi connectivity index (χ1n) is 8.41. The van der Waals surface area contributed by atoms with E-state index in [9.17, 15) is 18.0 Å². The maximum Gasteiger partial charge on any atom is 0.341 e. The summed E-state index contributed by atoms with van der Waals surface area (Å²) in [6.45, 7) is 2.29. The Hall–Kier alpha value is -1.72. The zero-order chi connectivity index (χ0) is 17.9. The van der Waals surface area contributed by atoms with Gasteiger partial charge in [-0.3, -0.25) is 0 Å². The van der Waals surface area contributed by atoms with Gasteiger partial charge in [0.2, 0.25) is 5.82 Å². The van der Waals surface area contributed by atoms with Gasteiger partial charge in [0, 0.05) is 0 Å². The number of carbonyl (C=O) groups excluding carboxylic acids is 1. The fourth-order valence-corrected chi connectivity index (χ4v) is 2.39. The van der Waals surface area contributed by atoms with Crippen LogP contribution in [0.4, 0.5) is 13.2 Å². The van der Waals surface area contributed by atoms with Gasteiger partial charge in [-0.1, -0.05) is 51.9 Å². The van der Waals surface area contributed by atoms with Crippen LogP contribution >= 0.6 is 0 Å². The molecule has 0 saturated carbocycles. The van der Waals surface area contributed by atoms with Crippen molar-refractivity contribution >= 4 is 5.97 Å². The summed E-state index contributed by atoms with van der Waals surface area (Å²) >= 11 is 0. The van der Waals surface area contributed by atoms with Crippen molar-refractivity contribution < 1.29 is 27.4 Å². The summed E-state index contributed by atoms with van der Waals surface area (Å²) in [5, 5.41) is 0. The average Bonchev–Trinajstić information content (AvgIpc) is 2.57. The van der Waals surface area contributed by atoms with Gasteiger partial charge in [-0.25, -0.2) is 13.6 Å². The van der Waals surface area contributed by atoms with E-state index in [4.69, 9.17) is 4.74 Å². The Bertz CT molecular complexity index is 533. The van der Waals surface area contributed by atoms with Crippen LogP contribution < -0.4 is 4.74 Å². The molecule has 0 saturated heterocycles. The highest BCUT2D eigenvalue weighted by molar-refractivity contribution is 5.90. The standard InChI is InChI=1S/C18H25F3O3/c1-3-4-5-6-7-8-9-10-11-24-18(22)13-12-14(19)16(21)17(23-2)15(13)20/h12H,3-11H2,1-2H3. The Balaban J connectivity index is 2.37. The second kappa shape index (κ2) is 10.9. The van der Waals surface area contributed by atoms with Crippen LogP contribution in [0.25, 0.3) is 0 Å². The second-order valence-corrected chi connectivity index (χ2v) is 5.68. The highest BCUT2D eigenvalue weighted by Gasteiger charge is 2.24. The molecule has 0 spiro atoms. The molecule has 0 atom stereocenters. The van der Waals surface area contributed by atoms with Crippen molar-refractivity contribution in [2.24, 2.45) is 0 Å². The number of esters is 1. The Morgan fingerprint density at radius 1 is 0.958 bits per heavy atom. The molecule has 0 heterocycles. The predicted molar refractivity (Wildman–Crippen MR) is 85.8 cm³/mol. The van der Waals surface area contributed by atoms with Crippen LogP contribution in [0, 0.1) is 17.5 Å². The summed E-state index contributed by atoms with van der Waals surface area (Å²) in [6.07, 6.45) is 8.65.